The van der Waals surface area contributed by atoms with Crippen LogP contribution in [-0.4, -0.2) is 52.9 Å². The van der Waals surface area contributed by atoms with Crippen molar-refractivity contribution in [3.63, 3.8) is 0 Å². The molecular weight excluding hydrogens is 458 g/mol. The summed E-state index contributed by atoms with van der Waals surface area (Å²) in [6, 6.07) is 7.41. The summed E-state index contributed by atoms with van der Waals surface area (Å²) in [5.41, 5.74) is 7.85. The molecule has 3 aromatic rings. The van der Waals surface area contributed by atoms with E-state index in [1.165, 1.54) is 11.3 Å². The van der Waals surface area contributed by atoms with Gasteiger partial charge in [0.15, 0.2) is 5.78 Å². The number of ether oxygens (including phenoxy) is 1. The molecule has 3 aromatic heterocycles. The lowest BCUT2D eigenvalue weighted by molar-refractivity contribution is -0.131. The van der Waals surface area contributed by atoms with E-state index in [0.29, 0.717) is 36.6 Å². The fourth-order valence-electron chi connectivity index (χ4n) is 4.11. The quantitative estimate of drug-likeness (QED) is 0.445. The average Bonchev–Trinajstić information content (AvgIpc) is 3.57. The van der Waals surface area contributed by atoms with Crippen LogP contribution in [-0.2, 0) is 22.5 Å². The van der Waals surface area contributed by atoms with Crippen LogP contribution in [0.3, 0.4) is 0 Å². The number of carbonyl (C=O) groups is 3. The molecule has 2 N–H and O–H groups in total. The molecular formula is C24H27N3O4S2. The van der Waals surface area contributed by atoms with Gasteiger partial charge >= 0.3 is 0 Å². The molecule has 1 unspecified atom stereocenters. The largest absolute Gasteiger partial charge is 0.376 e. The smallest absolute Gasteiger partial charge is 0.250 e. The molecule has 33 heavy (non-hydrogen) atoms. The van der Waals surface area contributed by atoms with Crippen LogP contribution in [0.4, 0.5) is 0 Å². The highest BCUT2D eigenvalue weighted by atomic mass is 32.1. The van der Waals surface area contributed by atoms with Gasteiger partial charge in [-0.05, 0) is 59.7 Å². The Labute approximate surface area is 200 Å². The van der Waals surface area contributed by atoms with Crippen LogP contribution in [0.15, 0.2) is 40.4 Å². The van der Waals surface area contributed by atoms with Gasteiger partial charge in [0.1, 0.15) is 0 Å². The molecule has 1 fully saturated rings. The van der Waals surface area contributed by atoms with Crippen LogP contribution in [0.25, 0.3) is 0 Å². The number of amides is 2. The Balaban J connectivity index is 1.59. The predicted octanol–water partition coefficient (Wildman–Crippen LogP) is 3.50. The van der Waals surface area contributed by atoms with Crippen molar-refractivity contribution in [2.24, 2.45) is 5.73 Å². The molecule has 0 aromatic carbocycles. The van der Waals surface area contributed by atoms with Crippen LogP contribution >= 0.6 is 22.7 Å². The summed E-state index contributed by atoms with van der Waals surface area (Å²) in [7, 11) is 0. The van der Waals surface area contributed by atoms with Crippen molar-refractivity contribution in [1.29, 1.82) is 0 Å². The predicted molar refractivity (Wildman–Crippen MR) is 129 cm³/mol. The van der Waals surface area contributed by atoms with Crippen molar-refractivity contribution in [2.75, 3.05) is 19.7 Å². The van der Waals surface area contributed by atoms with E-state index in [0.717, 1.165) is 23.3 Å². The first-order chi connectivity index (χ1) is 15.9. The average molecular weight is 486 g/mol. The van der Waals surface area contributed by atoms with Crippen LogP contribution in [0.2, 0.25) is 0 Å². The minimum absolute atomic E-state index is 0.0648. The van der Waals surface area contributed by atoms with E-state index in [-0.39, 0.29) is 30.8 Å². The maximum Gasteiger partial charge on any atom is 0.250 e. The molecule has 1 atom stereocenters. The molecule has 9 heteroatoms. The second kappa shape index (κ2) is 10.5. The second-order valence-electron chi connectivity index (χ2n) is 8.20. The van der Waals surface area contributed by atoms with Crippen molar-refractivity contribution in [2.45, 2.75) is 38.8 Å². The van der Waals surface area contributed by atoms with Gasteiger partial charge in [-0.15, -0.1) is 11.3 Å². The van der Waals surface area contributed by atoms with E-state index in [2.05, 4.69) is 0 Å². The molecule has 0 aliphatic carbocycles. The lowest BCUT2D eigenvalue weighted by Gasteiger charge is -2.25. The van der Waals surface area contributed by atoms with Crippen molar-refractivity contribution >= 4 is 40.3 Å². The number of thiophene rings is 2. The highest BCUT2D eigenvalue weighted by Gasteiger charge is 2.27. The summed E-state index contributed by atoms with van der Waals surface area (Å²) in [5.74, 6) is -0.907. The number of nitrogens with zero attached hydrogens (tertiary/aromatic N) is 2. The van der Waals surface area contributed by atoms with E-state index < -0.39 is 5.91 Å². The fourth-order valence-corrected chi connectivity index (χ4v) is 5.47. The number of aromatic nitrogens is 1. The summed E-state index contributed by atoms with van der Waals surface area (Å²) in [4.78, 5) is 41.2. The van der Waals surface area contributed by atoms with Crippen molar-refractivity contribution < 1.29 is 19.1 Å². The summed E-state index contributed by atoms with van der Waals surface area (Å²) in [6.45, 7) is 3.23. The molecule has 7 nitrogen and oxygen atoms in total. The zero-order chi connectivity index (χ0) is 23.4. The highest BCUT2D eigenvalue weighted by molar-refractivity contribution is 7.09. The molecule has 0 radical (unpaired) electrons. The van der Waals surface area contributed by atoms with E-state index in [1.54, 1.807) is 29.2 Å². The molecule has 0 bridgehead atoms. The lowest BCUT2D eigenvalue weighted by atomic mass is 10.1. The SMILES string of the molecule is Cc1c(C(N)=O)cc(C(=O)CN(CC2CCCO2)C(=O)Cc2ccsc2)n1Cc1cccs1. The Morgan fingerprint density at radius 1 is 1.27 bits per heavy atom. The Hall–Kier alpha value is -2.75. The number of hydrogen-bond acceptors (Lipinski definition) is 6. The van der Waals surface area contributed by atoms with E-state index in [1.807, 2.05) is 38.9 Å². The molecule has 1 aliphatic rings. The zero-order valence-electron chi connectivity index (χ0n) is 18.5. The number of nitrogens with two attached hydrogens (primary N) is 1. The molecule has 1 aliphatic heterocycles. The second-order valence-corrected chi connectivity index (χ2v) is 10.0. The van der Waals surface area contributed by atoms with Gasteiger partial charge in [-0.2, -0.15) is 11.3 Å². The van der Waals surface area contributed by atoms with Gasteiger partial charge in [0.25, 0.3) is 5.91 Å². The molecule has 4 rings (SSSR count). The minimum Gasteiger partial charge on any atom is -0.376 e. The van der Waals surface area contributed by atoms with Crippen molar-refractivity contribution in [3.8, 4) is 0 Å². The summed E-state index contributed by atoms with van der Waals surface area (Å²) < 4.78 is 7.56. The first-order valence-corrected chi connectivity index (χ1v) is 12.7. The molecule has 4 heterocycles. The monoisotopic (exact) mass is 485 g/mol. The number of carbonyl (C=O) groups excluding carboxylic acids is 3. The van der Waals surface area contributed by atoms with Crippen LogP contribution in [0.5, 0.6) is 0 Å². The maximum absolute atomic E-state index is 13.5. The van der Waals surface area contributed by atoms with E-state index in [9.17, 15) is 14.4 Å². The standard InChI is InChI=1S/C24H27N3O4S2/c1-16-20(24(25)30)11-21(27(16)13-19-5-3-8-33-19)22(28)14-26(12-18-4-2-7-31-18)23(29)10-17-6-9-32-15-17/h3,5-6,8-9,11,15,18H,2,4,7,10,12-14H2,1H3,(H2,25,30). The normalized spacial score (nSPS) is 15.6. The number of ketones is 1. The summed E-state index contributed by atoms with van der Waals surface area (Å²) in [6.07, 6.45) is 2.00. The fraction of sp³-hybridized carbons (Fsp3) is 0.375. The van der Waals surface area contributed by atoms with Gasteiger partial charge in [0, 0.05) is 23.7 Å². The Kier molecular flexibility index (Phi) is 7.42. The number of hydrogen-bond donors (Lipinski definition) is 1. The van der Waals surface area contributed by atoms with Gasteiger partial charge in [-0.1, -0.05) is 6.07 Å². The number of Topliss-reactive ketones (excluding diaryl/α,β-unsaturated/α-hetero) is 1. The van der Waals surface area contributed by atoms with Crippen LogP contribution in [0.1, 0.15) is 49.8 Å². The van der Waals surface area contributed by atoms with Crippen molar-refractivity contribution in [1.82, 2.24) is 9.47 Å². The molecule has 0 saturated carbocycles. The van der Waals surface area contributed by atoms with Crippen LogP contribution in [0, 0.1) is 6.92 Å². The third-order valence-corrected chi connectivity index (χ3v) is 7.48. The Morgan fingerprint density at radius 2 is 2.12 bits per heavy atom. The van der Waals surface area contributed by atoms with Gasteiger partial charge in [-0.25, -0.2) is 0 Å². The first-order valence-electron chi connectivity index (χ1n) is 10.9. The van der Waals surface area contributed by atoms with Gasteiger partial charge in [-0.3, -0.25) is 14.4 Å². The van der Waals surface area contributed by atoms with Crippen molar-refractivity contribution in [3.05, 3.63) is 67.8 Å². The highest BCUT2D eigenvalue weighted by Crippen LogP contribution is 2.21. The zero-order valence-corrected chi connectivity index (χ0v) is 20.1. The molecule has 174 valence electrons. The first kappa shape index (κ1) is 23.4. The van der Waals surface area contributed by atoms with Gasteiger partial charge < -0.3 is 19.9 Å². The summed E-state index contributed by atoms with van der Waals surface area (Å²) in [5, 5.41) is 5.85. The van der Waals surface area contributed by atoms with Crippen LogP contribution < -0.4 is 5.73 Å². The molecule has 0 spiro atoms. The lowest BCUT2D eigenvalue weighted by Crippen LogP contribution is -2.41. The number of primary amides is 1. The third-order valence-electron chi connectivity index (χ3n) is 5.88. The Morgan fingerprint density at radius 3 is 2.76 bits per heavy atom. The Bertz CT molecular complexity index is 1110. The topological polar surface area (TPSA) is 94.6 Å². The minimum atomic E-state index is -0.573. The molecule has 1 saturated heterocycles. The van der Waals surface area contributed by atoms with Gasteiger partial charge in [0.05, 0.1) is 36.9 Å². The van der Waals surface area contributed by atoms with E-state index in [4.69, 9.17) is 10.5 Å². The summed E-state index contributed by atoms with van der Waals surface area (Å²) >= 11 is 3.12. The third kappa shape index (κ3) is 5.61. The van der Waals surface area contributed by atoms with Gasteiger partial charge in [0.2, 0.25) is 5.91 Å². The maximum atomic E-state index is 13.5. The number of rotatable bonds is 10. The molecule has 2 amide bonds. The van der Waals surface area contributed by atoms with E-state index >= 15 is 0 Å².